The van der Waals surface area contributed by atoms with Gasteiger partial charge >= 0.3 is 0 Å². The fourth-order valence-electron chi connectivity index (χ4n) is 2.89. The van der Waals surface area contributed by atoms with Gasteiger partial charge in [0.1, 0.15) is 11.6 Å². The van der Waals surface area contributed by atoms with E-state index in [2.05, 4.69) is 21.2 Å². The van der Waals surface area contributed by atoms with Gasteiger partial charge in [-0.1, -0.05) is 27.5 Å². The predicted molar refractivity (Wildman–Crippen MR) is 85.4 cm³/mol. The Morgan fingerprint density at radius 3 is 2.62 bits per heavy atom. The van der Waals surface area contributed by atoms with Crippen LogP contribution in [0.4, 0.5) is 5.69 Å². The summed E-state index contributed by atoms with van der Waals surface area (Å²) in [6.45, 7) is 3.54. The maximum atomic E-state index is 13.0. The van der Waals surface area contributed by atoms with Gasteiger partial charge in [0.2, 0.25) is 5.91 Å². The molecular formula is C15H16BrClN2O2. The van der Waals surface area contributed by atoms with E-state index in [0.29, 0.717) is 10.7 Å². The Balaban J connectivity index is 2.05. The van der Waals surface area contributed by atoms with Crippen LogP contribution in [0.3, 0.4) is 0 Å². The van der Waals surface area contributed by atoms with Gasteiger partial charge < -0.3 is 5.32 Å². The third-order valence-electron chi connectivity index (χ3n) is 4.38. The molecule has 1 aromatic carbocycles. The molecule has 4 nitrogen and oxygen atoms in total. The molecule has 2 unspecified atom stereocenters. The van der Waals surface area contributed by atoms with Crippen LogP contribution < -0.4 is 10.2 Å². The van der Waals surface area contributed by atoms with Crippen LogP contribution in [0.5, 0.6) is 0 Å². The Bertz CT molecular complexity index is 632. The maximum absolute atomic E-state index is 13.0. The highest BCUT2D eigenvalue weighted by Crippen LogP contribution is 2.44. The van der Waals surface area contributed by atoms with E-state index in [0.717, 1.165) is 17.3 Å². The van der Waals surface area contributed by atoms with Crippen LogP contribution in [-0.2, 0) is 9.59 Å². The van der Waals surface area contributed by atoms with Gasteiger partial charge in [0, 0.05) is 4.47 Å². The Hall–Kier alpha value is -1.07. The summed E-state index contributed by atoms with van der Waals surface area (Å²) >= 11 is 9.62. The Kier molecular flexibility index (Phi) is 3.53. The summed E-state index contributed by atoms with van der Waals surface area (Å²) in [7, 11) is 0. The molecule has 2 amide bonds. The quantitative estimate of drug-likeness (QED) is 0.868. The average Bonchev–Trinajstić information content (AvgIpc) is 3.24. The Labute approximate surface area is 137 Å². The summed E-state index contributed by atoms with van der Waals surface area (Å²) in [5, 5.41) is 3.36. The number of amides is 2. The zero-order valence-electron chi connectivity index (χ0n) is 11.8. The second-order valence-corrected chi connectivity index (χ2v) is 7.24. The minimum Gasteiger partial charge on any atom is -0.340 e. The van der Waals surface area contributed by atoms with E-state index in [9.17, 15) is 9.59 Å². The third kappa shape index (κ3) is 2.36. The molecule has 1 saturated heterocycles. The number of nitrogens with one attached hydrogen (secondary N) is 1. The van der Waals surface area contributed by atoms with Gasteiger partial charge in [-0.15, -0.1) is 0 Å². The molecule has 1 aliphatic heterocycles. The molecule has 1 saturated carbocycles. The number of hydrogen-bond donors (Lipinski definition) is 1. The van der Waals surface area contributed by atoms with E-state index in [-0.39, 0.29) is 17.7 Å². The van der Waals surface area contributed by atoms with Crippen LogP contribution in [0.15, 0.2) is 22.7 Å². The molecule has 2 fully saturated rings. The summed E-state index contributed by atoms with van der Waals surface area (Å²) in [5.41, 5.74) is -0.237. The van der Waals surface area contributed by atoms with Crippen LogP contribution in [0.2, 0.25) is 5.02 Å². The minimum absolute atomic E-state index is 0.0821. The zero-order chi connectivity index (χ0) is 15.4. The van der Waals surface area contributed by atoms with E-state index in [4.69, 9.17) is 11.6 Å². The monoisotopic (exact) mass is 370 g/mol. The number of carbonyl (C=O) groups is 2. The minimum atomic E-state index is -0.819. The average molecular weight is 372 g/mol. The van der Waals surface area contributed by atoms with Gasteiger partial charge in [-0.3, -0.25) is 14.5 Å². The fraction of sp³-hybridized carbons (Fsp3) is 0.467. The third-order valence-corrected chi connectivity index (χ3v) is 5.17. The number of rotatable bonds is 2. The second kappa shape index (κ2) is 4.99. The van der Waals surface area contributed by atoms with Crippen molar-refractivity contribution >= 4 is 45.0 Å². The summed E-state index contributed by atoms with van der Waals surface area (Å²) in [5.74, 6) is 0.00230. The van der Waals surface area contributed by atoms with Crippen molar-refractivity contribution in [2.24, 2.45) is 5.92 Å². The first-order valence-electron chi connectivity index (χ1n) is 6.95. The largest absolute Gasteiger partial charge is 0.340 e. The zero-order valence-corrected chi connectivity index (χ0v) is 14.2. The number of piperazine rings is 1. The number of anilines is 1. The molecule has 3 rings (SSSR count). The lowest BCUT2D eigenvalue weighted by Gasteiger charge is -2.43. The lowest BCUT2D eigenvalue weighted by molar-refractivity contribution is -0.138. The molecular weight excluding hydrogens is 356 g/mol. The lowest BCUT2D eigenvalue weighted by Crippen LogP contribution is -2.70. The van der Waals surface area contributed by atoms with Crippen molar-refractivity contribution < 1.29 is 9.59 Å². The van der Waals surface area contributed by atoms with Gasteiger partial charge in [0.05, 0.1) is 10.7 Å². The SMILES string of the molecule is CC1C(=O)NC(C)(C2CC2)C(=O)N1c1ccc(Br)cc1Cl. The van der Waals surface area contributed by atoms with Crippen LogP contribution >= 0.6 is 27.5 Å². The van der Waals surface area contributed by atoms with E-state index in [1.165, 1.54) is 4.90 Å². The molecule has 0 spiro atoms. The summed E-state index contributed by atoms with van der Waals surface area (Å²) < 4.78 is 0.836. The van der Waals surface area contributed by atoms with Gasteiger partial charge in [-0.05, 0) is 50.8 Å². The Morgan fingerprint density at radius 2 is 2.05 bits per heavy atom. The summed E-state index contributed by atoms with van der Waals surface area (Å²) in [6.07, 6.45) is 1.94. The van der Waals surface area contributed by atoms with Crippen molar-refractivity contribution in [1.82, 2.24) is 5.32 Å². The molecule has 1 aromatic rings. The van der Waals surface area contributed by atoms with Crippen molar-refractivity contribution in [2.75, 3.05) is 4.90 Å². The first-order chi connectivity index (χ1) is 9.84. The number of benzene rings is 1. The van der Waals surface area contributed by atoms with Gasteiger partial charge in [-0.2, -0.15) is 0 Å². The molecule has 1 aliphatic carbocycles. The van der Waals surface area contributed by atoms with Crippen LogP contribution in [-0.4, -0.2) is 23.4 Å². The molecule has 1 N–H and O–H groups in total. The maximum Gasteiger partial charge on any atom is 0.253 e. The van der Waals surface area contributed by atoms with Crippen LogP contribution in [0.1, 0.15) is 26.7 Å². The van der Waals surface area contributed by atoms with Crippen molar-refractivity contribution in [3.63, 3.8) is 0 Å². The molecule has 0 bridgehead atoms. The van der Waals surface area contributed by atoms with E-state index in [1.54, 1.807) is 19.1 Å². The van der Waals surface area contributed by atoms with E-state index in [1.807, 2.05) is 13.0 Å². The van der Waals surface area contributed by atoms with Crippen LogP contribution in [0.25, 0.3) is 0 Å². The van der Waals surface area contributed by atoms with Gasteiger partial charge in [0.15, 0.2) is 0 Å². The van der Waals surface area contributed by atoms with Crippen LogP contribution in [0, 0.1) is 5.92 Å². The number of halogens is 2. The summed E-state index contributed by atoms with van der Waals surface area (Å²) in [4.78, 5) is 26.8. The lowest BCUT2D eigenvalue weighted by atomic mass is 9.89. The second-order valence-electron chi connectivity index (χ2n) is 5.91. The molecule has 0 aromatic heterocycles. The van der Waals surface area contributed by atoms with E-state index < -0.39 is 11.6 Å². The normalized spacial score (nSPS) is 29.5. The standard InChI is InChI=1S/C15H16BrClN2O2/c1-8-13(20)18-15(2,9-3-4-9)14(21)19(8)12-6-5-10(16)7-11(12)17/h5-9H,3-4H2,1-2H3,(H,18,20). The van der Waals surface area contributed by atoms with Gasteiger partial charge in [0.25, 0.3) is 5.91 Å². The molecule has 2 aliphatic rings. The topological polar surface area (TPSA) is 49.4 Å². The molecule has 112 valence electrons. The van der Waals surface area contributed by atoms with Crippen molar-refractivity contribution in [3.8, 4) is 0 Å². The predicted octanol–water partition coefficient (Wildman–Crippen LogP) is 3.12. The van der Waals surface area contributed by atoms with Crippen molar-refractivity contribution in [1.29, 1.82) is 0 Å². The smallest absolute Gasteiger partial charge is 0.253 e. The molecule has 6 heteroatoms. The number of hydrogen-bond acceptors (Lipinski definition) is 2. The van der Waals surface area contributed by atoms with Gasteiger partial charge in [-0.25, -0.2) is 0 Å². The number of nitrogens with zero attached hydrogens (tertiary/aromatic N) is 1. The molecule has 1 heterocycles. The van der Waals surface area contributed by atoms with E-state index >= 15 is 0 Å². The fourth-order valence-corrected chi connectivity index (χ4v) is 3.65. The Morgan fingerprint density at radius 1 is 1.38 bits per heavy atom. The highest BCUT2D eigenvalue weighted by Gasteiger charge is 2.55. The van der Waals surface area contributed by atoms with Crippen molar-refractivity contribution in [3.05, 3.63) is 27.7 Å². The van der Waals surface area contributed by atoms with Crippen molar-refractivity contribution in [2.45, 2.75) is 38.3 Å². The first-order valence-corrected chi connectivity index (χ1v) is 8.12. The molecule has 2 atom stereocenters. The highest BCUT2D eigenvalue weighted by molar-refractivity contribution is 9.10. The molecule has 21 heavy (non-hydrogen) atoms. The first kappa shape index (κ1) is 14.9. The highest BCUT2D eigenvalue weighted by atomic mass is 79.9. The summed E-state index contributed by atoms with van der Waals surface area (Å²) in [6, 6.07) is 4.76. The number of carbonyl (C=O) groups excluding carboxylic acids is 2. The molecule has 0 radical (unpaired) electrons.